The number of carboxylic acid groups (broad SMARTS) is 1. The Balaban J connectivity index is 2.76. The number of carboxylic acids is 1. The van der Waals surface area contributed by atoms with Crippen LogP contribution in [0.2, 0.25) is 0 Å². The SMILES string of the molecule is CC(C)C[C@@H](Nc1cc(OC(C)C)ncn1)C(=O)O. The van der Waals surface area contributed by atoms with E-state index in [-0.39, 0.29) is 12.0 Å². The van der Waals surface area contributed by atoms with Gasteiger partial charge in [-0.3, -0.25) is 0 Å². The van der Waals surface area contributed by atoms with Crippen molar-refractivity contribution in [3.8, 4) is 5.88 Å². The summed E-state index contributed by atoms with van der Waals surface area (Å²) in [5.41, 5.74) is 0. The van der Waals surface area contributed by atoms with Crippen LogP contribution in [-0.4, -0.2) is 33.2 Å². The van der Waals surface area contributed by atoms with E-state index >= 15 is 0 Å². The quantitative estimate of drug-likeness (QED) is 0.787. The topological polar surface area (TPSA) is 84.3 Å². The van der Waals surface area contributed by atoms with Gasteiger partial charge >= 0.3 is 5.97 Å². The summed E-state index contributed by atoms with van der Waals surface area (Å²) in [5, 5.41) is 12.1. The third kappa shape index (κ3) is 5.54. The lowest BCUT2D eigenvalue weighted by molar-refractivity contribution is -0.138. The molecule has 1 aromatic rings. The summed E-state index contributed by atoms with van der Waals surface area (Å²) in [6, 6.07) is 0.942. The molecule has 106 valence electrons. The molecule has 0 saturated carbocycles. The van der Waals surface area contributed by atoms with Crippen LogP contribution in [0.3, 0.4) is 0 Å². The predicted molar refractivity (Wildman–Crippen MR) is 72.3 cm³/mol. The molecule has 0 bridgehead atoms. The summed E-state index contributed by atoms with van der Waals surface area (Å²) in [4.78, 5) is 19.1. The van der Waals surface area contributed by atoms with Crippen LogP contribution in [0.5, 0.6) is 5.88 Å². The number of aromatic nitrogens is 2. The van der Waals surface area contributed by atoms with Gasteiger partial charge in [-0.2, -0.15) is 0 Å². The number of carbonyl (C=O) groups is 1. The van der Waals surface area contributed by atoms with Crippen LogP contribution in [0.15, 0.2) is 12.4 Å². The van der Waals surface area contributed by atoms with Gasteiger partial charge in [-0.15, -0.1) is 0 Å². The Morgan fingerprint density at radius 1 is 1.37 bits per heavy atom. The molecule has 6 heteroatoms. The summed E-state index contributed by atoms with van der Waals surface area (Å²) in [6.45, 7) is 7.75. The number of hydrogen-bond donors (Lipinski definition) is 2. The minimum atomic E-state index is -0.890. The Hall–Kier alpha value is -1.85. The first-order chi connectivity index (χ1) is 8.88. The molecular formula is C13H21N3O3. The van der Waals surface area contributed by atoms with Crippen LogP contribution >= 0.6 is 0 Å². The standard InChI is InChI=1S/C13H21N3O3/c1-8(2)5-10(13(17)18)16-11-6-12(15-7-14-11)19-9(3)4/h6-10H,5H2,1-4H3,(H,17,18)(H,14,15,16)/t10-/m1/s1. The lowest BCUT2D eigenvalue weighted by atomic mass is 10.0. The van der Waals surface area contributed by atoms with Gasteiger partial charge in [-0.05, 0) is 26.2 Å². The molecule has 0 aliphatic rings. The van der Waals surface area contributed by atoms with Crippen molar-refractivity contribution in [1.29, 1.82) is 0 Å². The maximum atomic E-state index is 11.2. The summed E-state index contributed by atoms with van der Waals surface area (Å²) < 4.78 is 5.44. The molecule has 0 aromatic carbocycles. The number of rotatable bonds is 7. The minimum absolute atomic E-state index is 0.00804. The van der Waals surface area contributed by atoms with Crippen molar-refractivity contribution in [2.75, 3.05) is 5.32 Å². The van der Waals surface area contributed by atoms with E-state index in [4.69, 9.17) is 9.84 Å². The molecule has 1 aromatic heterocycles. The molecule has 0 aliphatic heterocycles. The molecule has 0 fully saturated rings. The highest BCUT2D eigenvalue weighted by Crippen LogP contribution is 2.15. The number of aliphatic carboxylic acids is 1. The van der Waals surface area contributed by atoms with Gasteiger partial charge in [-0.1, -0.05) is 13.8 Å². The normalized spacial score (nSPS) is 12.5. The van der Waals surface area contributed by atoms with E-state index < -0.39 is 12.0 Å². The van der Waals surface area contributed by atoms with Gasteiger partial charge in [0.1, 0.15) is 18.2 Å². The lowest BCUT2D eigenvalue weighted by Crippen LogP contribution is -2.31. The second kappa shape index (κ2) is 6.92. The van der Waals surface area contributed by atoms with Crippen molar-refractivity contribution in [2.24, 2.45) is 5.92 Å². The molecule has 0 aliphatic carbocycles. The average molecular weight is 267 g/mol. The fourth-order valence-electron chi connectivity index (χ4n) is 1.60. The fraction of sp³-hybridized carbons (Fsp3) is 0.615. The van der Waals surface area contributed by atoms with Gasteiger partial charge in [-0.25, -0.2) is 14.8 Å². The summed E-state index contributed by atoms with van der Waals surface area (Å²) >= 11 is 0. The smallest absolute Gasteiger partial charge is 0.326 e. The highest BCUT2D eigenvalue weighted by molar-refractivity contribution is 5.76. The largest absolute Gasteiger partial charge is 0.480 e. The average Bonchev–Trinajstić information content (AvgIpc) is 2.26. The van der Waals surface area contributed by atoms with Crippen LogP contribution in [0, 0.1) is 5.92 Å². The van der Waals surface area contributed by atoms with Crippen LogP contribution < -0.4 is 10.1 Å². The number of nitrogens with zero attached hydrogens (tertiary/aromatic N) is 2. The third-order valence-corrected chi connectivity index (χ3v) is 2.33. The van der Waals surface area contributed by atoms with E-state index in [1.807, 2.05) is 27.7 Å². The number of hydrogen-bond acceptors (Lipinski definition) is 5. The lowest BCUT2D eigenvalue weighted by Gasteiger charge is -2.17. The van der Waals surface area contributed by atoms with Gasteiger partial charge in [0.2, 0.25) is 5.88 Å². The van der Waals surface area contributed by atoms with Gasteiger partial charge in [0, 0.05) is 6.07 Å². The van der Waals surface area contributed by atoms with Crippen molar-refractivity contribution in [3.05, 3.63) is 12.4 Å². The first-order valence-electron chi connectivity index (χ1n) is 6.36. The van der Waals surface area contributed by atoms with E-state index in [0.717, 1.165) is 0 Å². The van der Waals surface area contributed by atoms with E-state index in [0.29, 0.717) is 18.1 Å². The number of anilines is 1. The highest BCUT2D eigenvalue weighted by Gasteiger charge is 2.19. The van der Waals surface area contributed by atoms with E-state index in [1.54, 1.807) is 6.07 Å². The van der Waals surface area contributed by atoms with Crippen molar-refractivity contribution in [1.82, 2.24) is 9.97 Å². The molecule has 0 saturated heterocycles. The van der Waals surface area contributed by atoms with Gasteiger partial charge in [0.25, 0.3) is 0 Å². The van der Waals surface area contributed by atoms with Gasteiger partial charge < -0.3 is 15.2 Å². The van der Waals surface area contributed by atoms with E-state index in [1.165, 1.54) is 6.33 Å². The van der Waals surface area contributed by atoms with Crippen LogP contribution in [-0.2, 0) is 4.79 Å². The van der Waals surface area contributed by atoms with Crippen LogP contribution in [0.4, 0.5) is 5.82 Å². The highest BCUT2D eigenvalue weighted by atomic mass is 16.5. The van der Waals surface area contributed by atoms with E-state index in [2.05, 4.69) is 15.3 Å². The maximum Gasteiger partial charge on any atom is 0.326 e. The second-order valence-corrected chi connectivity index (χ2v) is 5.07. The number of nitrogens with one attached hydrogen (secondary N) is 1. The third-order valence-electron chi connectivity index (χ3n) is 2.33. The fourth-order valence-corrected chi connectivity index (χ4v) is 1.60. The Morgan fingerprint density at radius 3 is 2.58 bits per heavy atom. The Bertz CT molecular complexity index is 421. The molecule has 19 heavy (non-hydrogen) atoms. The molecular weight excluding hydrogens is 246 g/mol. The first-order valence-corrected chi connectivity index (χ1v) is 6.36. The molecule has 0 unspecified atom stereocenters. The molecule has 2 N–H and O–H groups in total. The zero-order chi connectivity index (χ0) is 14.4. The van der Waals surface area contributed by atoms with Crippen molar-refractivity contribution in [2.45, 2.75) is 46.3 Å². The Morgan fingerprint density at radius 2 is 2.05 bits per heavy atom. The molecule has 0 radical (unpaired) electrons. The summed E-state index contributed by atoms with van der Waals surface area (Å²) in [6.07, 6.45) is 1.89. The summed E-state index contributed by atoms with van der Waals surface area (Å²) in [5.74, 6) is 0.278. The Kier molecular flexibility index (Phi) is 5.54. The zero-order valence-electron chi connectivity index (χ0n) is 11.8. The van der Waals surface area contributed by atoms with Crippen molar-refractivity contribution in [3.63, 3.8) is 0 Å². The van der Waals surface area contributed by atoms with E-state index in [9.17, 15) is 4.79 Å². The van der Waals surface area contributed by atoms with Crippen molar-refractivity contribution < 1.29 is 14.6 Å². The first kappa shape index (κ1) is 15.2. The maximum absolute atomic E-state index is 11.2. The molecule has 6 nitrogen and oxygen atoms in total. The second-order valence-electron chi connectivity index (χ2n) is 5.07. The van der Waals surface area contributed by atoms with Gasteiger partial charge in [0.05, 0.1) is 6.10 Å². The Labute approximate surface area is 113 Å². The van der Waals surface area contributed by atoms with Crippen LogP contribution in [0.1, 0.15) is 34.1 Å². The molecule has 0 amide bonds. The monoisotopic (exact) mass is 267 g/mol. The predicted octanol–water partition coefficient (Wildman–Crippen LogP) is 2.17. The minimum Gasteiger partial charge on any atom is -0.480 e. The molecule has 1 heterocycles. The van der Waals surface area contributed by atoms with Crippen molar-refractivity contribution >= 4 is 11.8 Å². The zero-order valence-corrected chi connectivity index (χ0v) is 11.8. The van der Waals surface area contributed by atoms with Gasteiger partial charge in [0.15, 0.2) is 0 Å². The molecule has 1 rings (SSSR count). The molecule has 1 atom stereocenters. The van der Waals surface area contributed by atoms with Crippen LogP contribution in [0.25, 0.3) is 0 Å². The molecule has 0 spiro atoms. The summed E-state index contributed by atoms with van der Waals surface area (Å²) in [7, 11) is 0. The number of ether oxygens (including phenoxy) is 1.